The van der Waals surface area contributed by atoms with Crippen LogP contribution in [0.3, 0.4) is 0 Å². The minimum Gasteiger partial charge on any atom is -0.338 e. The molecule has 1 aromatic carbocycles. The molecular formula is C15H19BrN2O. The number of likely N-dealkylation sites (tertiary alicyclic amines) is 1. The van der Waals surface area contributed by atoms with Crippen molar-refractivity contribution in [2.24, 2.45) is 11.8 Å². The molecule has 1 aromatic rings. The van der Waals surface area contributed by atoms with Crippen molar-refractivity contribution >= 4 is 21.8 Å². The minimum absolute atomic E-state index is 0.181. The highest BCUT2D eigenvalue weighted by Crippen LogP contribution is 2.27. The Hall–Kier alpha value is -0.870. The van der Waals surface area contributed by atoms with Crippen molar-refractivity contribution in [3.63, 3.8) is 0 Å². The maximum Gasteiger partial charge on any atom is 0.253 e. The molecule has 1 N–H and O–H groups in total. The first-order chi connectivity index (χ1) is 9.15. The minimum atomic E-state index is 0.181. The summed E-state index contributed by atoms with van der Waals surface area (Å²) in [6.07, 6.45) is 1.14. The molecular weight excluding hydrogens is 304 g/mol. The standard InChI is InChI=1S/C15H19BrN2O/c1-10-6-11(2-3-14(10)16)15(19)18-5-4-12-7-17-8-13(12)9-18/h2-3,6,12-13,17H,4-5,7-9H2,1H3. The van der Waals surface area contributed by atoms with Crippen LogP contribution in [-0.4, -0.2) is 37.0 Å². The molecule has 0 spiro atoms. The van der Waals surface area contributed by atoms with Gasteiger partial charge in [0.1, 0.15) is 0 Å². The van der Waals surface area contributed by atoms with Crippen LogP contribution < -0.4 is 5.32 Å². The predicted molar refractivity (Wildman–Crippen MR) is 79.2 cm³/mol. The molecule has 2 fully saturated rings. The van der Waals surface area contributed by atoms with Crippen molar-refractivity contribution in [3.8, 4) is 0 Å². The van der Waals surface area contributed by atoms with Crippen LogP contribution in [0, 0.1) is 18.8 Å². The number of halogens is 1. The van der Waals surface area contributed by atoms with Crippen LogP contribution in [-0.2, 0) is 0 Å². The van der Waals surface area contributed by atoms with E-state index in [1.807, 2.05) is 30.0 Å². The lowest BCUT2D eigenvalue weighted by Crippen LogP contribution is -2.43. The van der Waals surface area contributed by atoms with E-state index >= 15 is 0 Å². The molecule has 2 aliphatic rings. The zero-order valence-electron chi connectivity index (χ0n) is 11.2. The number of aryl methyl sites for hydroxylation is 1. The SMILES string of the molecule is Cc1cc(C(=O)N2CCC3CNCC3C2)ccc1Br. The second-order valence-corrected chi connectivity index (χ2v) is 6.54. The zero-order chi connectivity index (χ0) is 13.4. The molecule has 2 aliphatic heterocycles. The summed E-state index contributed by atoms with van der Waals surface area (Å²) in [6.45, 7) is 6.02. The molecule has 0 radical (unpaired) electrons. The number of benzene rings is 1. The molecule has 2 unspecified atom stereocenters. The highest BCUT2D eigenvalue weighted by atomic mass is 79.9. The highest BCUT2D eigenvalue weighted by molar-refractivity contribution is 9.10. The van der Waals surface area contributed by atoms with Crippen LogP contribution in [0.5, 0.6) is 0 Å². The third-order valence-corrected chi connectivity index (χ3v) is 5.29. The Kier molecular flexibility index (Phi) is 3.63. The van der Waals surface area contributed by atoms with E-state index in [1.54, 1.807) is 0 Å². The molecule has 19 heavy (non-hydrogen) atoms. The summed E-state index contributed by atoms with van der Waals surface area (Å²) >= 11 is 3.48. The van der Waals surface area contributed by atoms with Crippen LogP contribution in [0.25, 0.3) is 0 Å². The third-order valence-electron chi connectivity index (χ3n) is 4.40. The smallest absolute Gasteiger partial charge is 0.253 e. The number of piperidine rings is 1. The maximum absolute atomic E-state index is 12.5. The Balaban J connectivity index is 1.74. The second kappa shape index (κ2) is 5.25. The number of carbonyl (C=O) groups excluding carboxylic acids is 1. The van der Waals surface area contributed by atoms with Gasteiger partial charge in [0, 0.05) is 23.1 Å². The largest absolute Gasteiger partial charge is 0.338 e. The van der Waals surface area contributed by atoms with E-state index in [4.69, 9.17) is 0 Å². The molecule has 2 heterocycles. The quantitative estimate of drug-likeness (QED) is 0.861. The van der Waals surface area contributed by atoms with Gasteiger partial charge >= 0.3 is 0 Å². The van der Waals surface area contributed by atoms with Gasteiger partial charge in [-0.2, -0.15) is 0 Å². The summed E-state index contributed by atoms with van der Waals surface area (Å²) in [4.78, 5) is 14.6. The van der Waals surface area contributed by atoms with Crippen molar-refractivity contribution in [3.05, 3.63) is 33.8 Å². The van der Waals surface area contributed by atoms with Gasteiger partial charge in [0.25, 0.3) is 5.91 Å². The molecule has 4 heteroatoms. The summed E-state index contributed by atoms with van der Waals surface area (Å²) < 4.78 is 1.06. The van der Waals surface area contributed by atoms with E-state index in [1.165, 1.54) is 0 Å². The van der Waals surface area contributed by atoms with E-state index in [9.17, 15) is 4.79 Å². The van der Waals surface area contributed by atoms with Gasteiger partial charge in [-0.05, 0) is 62.0 Å². The average Bonchev–Trinajstić information content (AvgIpc) is 2.88. The van der Waals surface area contributed by atoms with Crippen molar-refractivity contribution < 1.29 is 4.79 Å². The Morgan fingerprint density at radius 2 is 2.16 bits per heavy atom. The van der Waals surface area contributed by atoms with Gasteiger partial charge in [-0.25, -0.2) is 0 Å². The predicted octanol–water partition coefficient (Wildman–Crippen LogP) is 2.44. The van der Waals surface area contributed by atoms with E-state index in [0.29, 0.717) is 5.92 Å². The van der Waals surface area contributed by atoms with E-state index in [-0.39, 0.29) is 5.91 Å². The monoisotopic (exact) mass is 322 g/mol. The van der Waals surface area contributed by atoms with Crippen molar-refractivity contribution in [1.29, 1.82) is 0 Å². The van der Waals surface area contributed by atoms with Crippen LogP contribution >= 0.6 is 15.9 Å². The first kappa shape index (κ1) is 13.1. The topological polar surface area (TPSA) is 32.3 Å². The lowest BCUT2D eigenvalue weighted by molar-refractivity contribution is 0.0642. The summed E-state index contributed by atoms with van der Waals surface area (Å²) in [5.74, 6) is 1.60. The second-order valence-electron chi connectivity index (χ2n) is 5.68. The molecule has 102 valence electrons. The van der Waals surface area contributed by atoms with E-state index in [2.05, 4.69) is 21.2 Å². The maximum atomic E-state index is 12.5. The fourth-order valence-electron chi connectivity index (χ4n) is 3.18. The Labute approximate surface area is 122 Å². The first-order valence-corrected chi connectivity index (χ1v) is 7.70. The number of rotatable bonds is 1. The van der Waals surface area contributed by atoms with Gasteiger partial charge in [-0.1, -0.05) is 15.9 Å². The van der Waals surface area contributed by atoms with Crippen LogP contribution in [0.4, 0.5) is 0 Å². The molecule has 1 amide bonds. The van der Waals surface area contributed by atoms with E-state index in [0.717, 1.165) is 54.1 Å². The van der Waals surface area contributed by atoms with Crippen molar-refractivity contribution in [2.75, 3.05) is 26.2 Å². The molecule has 3 nitrogen and oxygen atoms in total. The van der Waals surface area contributed by atoms with Crippen molar-refractivity contribution in [2.45, 2.75) is 13.3 Å². The molecule has 0 aliphatic carbocycles. The number of hydrogen-bond acceptors (Lipinski definition) is 2. The van der Waals surface area contributed by atoms with Crippen LogP contribution in [0.2, 0.25) is 0 Å². The number of nitrogens with one attached hydrogen (secondary N) is 1. The summed E-state index contributed by atoms with van der Waals surface area (Å²) in [5.41, 5.74) is 1.92. The normalized spacial score (nSPS) is 26.3. The Morgan fingerprint density at radius 3 is 2.95 bits per heavy atom. The third kappa shape index (κ3) is 2.56. The molecule has 0 bridgehead atoms. The molecule has 0 saturated carbocycles. The molecule has 3 rings (SSSR count). The van der Waals surface area contributed by atoms with Crippen LogP contribution in [0.15, 0.2) is 22.7 Å². The van der Waals surface area contributed by atoms with Gasteiger partial charge in [-0.3, -0.25) is 4.79 Å². The zero-order valence-corrected chi connectivity index (χ0v) is 12.7. The van der Waals surface area contributed by atoms with Gasteiger partial charge < -0.3 is 10.2 Å². The number of amides is 1. The van der Waals surface area contributed by atoms with Gasteiger partial charge in [0.15, 0.2) is 0 Å². The fourth-order valence-corrected chi connectivity index (χ4v) is 3.43. The first-order valence-electron chi connectivity index (χ1n) is 6.91. The number of fused-ring (bicyclic) bond motifs is 1. The number of nitrogens with zero attached hydrogens (tertiary/aromatic N) is 1. The molecule has 2 saturated heterocycles. The summed E-state index contributed by atoms with van der Waals surface area (Å²) in [7, 11) is 0. The van der Waals surface area contributed by atoms with Gasteiger partial charge in [0.2, 0.25) is 0 Å². The Morgan fingerprint density at radius 1 is 1.37 bits per heavy atom. The molecule has 2 atom stereocenters. The number of hydrogen-bond donors (Lipinski definition) is 1. The highest BCUT2D eigenvalue weighted by Gasteiger charge is 2.34. The summed E-state index contributed by atoms with van der Waals surface area (Å²) in [5, 5.41) is 3.44. The fraction of sp³-hybridized carbons (Fsp3) is 0.533. The number of carbonyl (C=O) groups is 1. The van der Waals surface area contributed by atoms with Crippen molar-refractivity contribution in [1.82, 2.24) is 10.2 Å². The summed E-state index contributed by atoms with van der Waals surface area (Å²) in [6, 6.07) is 5.86. The van der Waals surface area contributed by atoms with Gasteiger partial charge in [-0.15, -0.1) is 0 Å². The lowest BCUT2D eigenvalue weighted by atomic mass is 9.88. The Bertz CT molecular complexity index is 503. The molecule has 0 aromatic heterocycles. The average molecular weight is 323 g/mol. The van der Waals surface area contributed by atoms with Crippen LogP contribution in [0.1, 0.15) is 22.3 Å². The van der Waals surface area contributed by atoms with E-state index < -0.39 is 0 Å². The lowest BCUT2D eigenvalue weighted by Gasteiger charge is -2.34. The van der Waals surface area contributed by atoms with Gasteiger partial charge in [0.05, 0.1) is 0 Å².